The number of carbonyl (C=O) groups is 3. The van der Waals surface area contributed by atoms with Crippen molar-refractivity contribution in [1.29, 1.82) is 0 Å². The third-order valence-corrected chi connectivity index (χ3v) is 5.89. The Morgan fingerprint density at radius 2 is 1.74 bits per heavy atom. The SMILES string of the molecule is CCOC(=O)Cn1c(=NC(=O)c2cccc(Oc3ccccc3)c2)sc2cc(NC(C)=O)ccc21. The molecule has 1 aromatic heterocycles. The highest BCUT2D eigenvalue weighted by molar-refractivity contribution is 7.16. The van der Waals surface area contributed by atoms with Gasteiger partial charge in [-0.3, -0.25) is 14.4 Å². The molecule has 35 heavy (non-hydrogen) atoms. The lowest BCUT2D eigenvalue weighted by molar-refractivity contribution is -0.143. The van der Waals surface area contributed by atoms with Crippen LogP contribution in [0, 0.1) is 0 Å². The number of nitrogens with one attached hydrogen (secondary N) is 1. The summed E-state index contributed by atoms with van der Waals surface area (Å²) in [5, 5.41) is 2.73. The van der Waals surface area contributed by atoms with Crippen LogP contribution >= 0.6 is 11.3 Å². The molecule has 0 spiro atoms. The number of rotatable bonds is 7. The fourth-order valence-corrected chi connectivity index (χ4v) is 4.46. The van der Waals surface area contributed by atoms with Gasteiger partial charge in [-0.1, -0.05) is 35.6 Å². The minimum atomic E-state index is -0.477. The second-order valence-electron chi connectivity index (χ2n) is 7.50. The molecule has 1 N–H and O–H groups in total. The van der Waals surface area contributed by atoms with Crippen LogP contribution in [-0.2, 0) is 20.9 Å². The zero-order valence-corrected chi connectivity index (χ0v) is 20.0. The van der Waals surface area contributed by atoms with Gasteiger partial charge in [-0.25, -0.2) is 0 Å². The van der Waals surface area contributed by atoms with Gasteiger partial charge in [0.05, 0.1) is 16.8 Å². The number of anilines is 1. The lowest BCUT2D eigenvalue weighted by Gasteiger charge is -2.07. The monoisotopic (exact) mass is 489 g/mol. The number of hydrogen-bond acceptors (Lipinski definition) is 6. The van der Waals surface area contributed by atoms with Crippen LogP contribution in [0.5, 0.6) is 11.5 Å². The molecule has 0 bridgehead atoms. The van der Waals surface area contributed by atoms with Gasteiger partial charge in [-0.2, -0.15) is 4.99 Å². The topological polar surface area (TPSA) is 99.0 Å². The molecule has 0 aliphatic heterocycles. The van der Waals surface area contributed by atoms with Crippen LogP contribution in [0.1, 0.15) is 24.2 Å². The van der Waals surface area contributed by atoms with E-state index >= 15 is 0 Å². The van der Waals surface area contributed by atoms with Crippen molar-refractivity contribution >= 4 is 45.0 Å². The van der Waals surface area contributed by atoms with Crippen LogP contribution < -0.4 is 14.9 Å². The summed E-state index contributed by atoms with van der Waals surface area (Å²) < 4.78 is 13.3. The second-order valence-corrected chi connectivity index (χ2v) is 8.51. The molecule has 2 amide bonds. The number of carbonyl (C=O) groups excluding carboxylic acids is 3. The standard InChI is InChI=1S/C26H23N3O5S/c1-3-33-24(31)16-29-22-13-12-19(27-17(2)30)15-23(22)35-26(29)28-25(32)18-8-7-11-21(14-18)34-20-9-5-4-6-10-20/h4-15H,3,16H2,1-2H3,(H,27,30). The van der Waals surface area contributed by atoms with Gasteiger partial charge < -0.3 is 19.4 Å². The molecule has 4 aromatic rings. The quantitative estimate of drug-likeness (QED) is 0.378. The summed E-state index contributed by atoms with van der Waals surface area (Å²) in [5.41, 5.74) is 1.65. The van der Waals surface area contributed by atoms with E-state index in [1.165, 1.54) is 18.3 Å². The highest BCUT2D eigenvalue weighted by Crippen LogP contribution is 2.24. The second kappa shape index (κ2) is 10.8. The Balaban J connectivity index is 1.71. The molecule has 4 rings (SSSR count). The summed E-state index contributed by atoms with van der Waals surface area (Å²) >= 11 is 1.24. The predicted molar refractivity (Wildman–Crippen MR) is 134 cm³/mol. The van der Waals surface area contributed by atoms with Gasteiger partial charge >= 0.3 is 5.97 Å². The summed E-state index contributed by atoms with van der Waals surface area (Å²) in [6, 6.07) is 21.3. The van der Waals surface area contributed by atoms with E-state index in [0.29, 0.717) is 33.1 Å². The number of benzene rings is 3. The van der Waals surface area contributed by atoms with Crippen molar-refractivity contribution in [3.63, 3.8) is 0 Å². The number of hydrogen-bond donors (Lipinski definition) is 1. The largest absolute Gasteiger partial charge is 0.465 e. The molecular formula is C26H23N3O5S. The molecule has 0 aliphatic carbocycles. The van der Waals surface area contributed by atoms with E-state index < -0.39 is 11.9 Å². The minimum Gasteiger partial charge on any atom is -0.465 e. The van der Waals surface area contributed by atoms with Crippen LogP contribution in [-0.4, -0.2) is 29.0 Å². The first-order valence-corrected chi connectivity index (χ1v) is 11.7. The number of para-hydroxylation sites is 1. The molecule has 0 saturated carbocycles. The van der Waals surface area contributed by atoms with E-state index in [1.807, 2.05) is 30.3 Å². The summed E-state index contributed by atoms with van der Waals surface area (Å²) in [6.07, 6.45) is 0. The van der Waals surface area contributed by atoms with Crippen molar-refractivity contribution in [2.45, 2.75) is 20.4 Å². The van der Waals surface area contributed by atoms with Crippen molar-refractivity contribution in [1.82, 2.24) is 4.57 Å². The van der Waals surface area contributed by atoms with Crippen molar-refractivity contribution in [3.05, 3.63) is 83.2 Å². The maximum absolute atomic E-state index is 13.1. The molecule has 178 valence electrons. The van der Waals surface area contributed by atoms with Gasteiger partial charge in [0.1, 0.15) is 18.0 Å². The van der Waals surface area contributed by atoms with Crippen LogP contribution in [0.2, 0.25) is 0 Å². The van der Waals surface area contributed by atoms with Gasteiger partial charge in [0.2, 0.25) is 5.91 Å². The highest BCUT2D eigenvalue weighted by atomic mass is 32.1. The fourth-order valence-electron chi connectivity index (χ4n) is 3.40. The predicted octanol–water partition coefficient (Wildman–Crippen LogP) is 4.76. The Kier molecular flexibility index (Phi) is 7.37. The fraction of sp³-hybridized carbons (Fsp3) is 0.154. The molecule has 8 nitrogen and oxygen atoms in total. The van der Waals surface area contributed by atoms with E-state index in [1.54, 1.807) is 54.0 Å². The molecule has 1 heterocycles. The van der Waals surface area contributed by atoms with E-state index in [0.717, 1.165) is 4.70 Å². The van der Waals surface area contributed by atoms with Crippen LogP contribution in [0.25, 0.3) is 10.2 Å². The molecular weight excluding hydrogens is 466 g/mol. The summed E-state index contributed by atoms with van der Waals surface area (Å²) in [5.74, 6) is 0.0480. The molecule has 0 radical (unpaired) electrons. The molecule has 0 aliphatic rings. The van der Waals surface area contributed by atoms with Gasteiger partial charge in [-0.05, 0) is 55.5 Å². The average Bonchev–Trinajstić information content (AvgIpc) is 3.15. The number of ether oxygens (including phenoxy) is 2. The molecule has 0 atom stereocenters. The Labute approximate surface area is 205 Å². The number of nitrogens with zero attached hydrogens (tertiary/aromatic N) is 2. The van der Waals surface area contributed by atoms with Gasteiger partial charge in [-0.15, -0.1) is 0 Å². The zero-order valence-electron chi connectivity index (χ0n) is 19.2. The maximum Gasteiger partial charge on any atom is 0.326 e. The van der Waals surface area contributed by atoms with E-state index in [-0.39, 0.29) is 19.1 Å². The molecule has 0 unspecified atom stereocenters. The molecule has 3 aromatic carbocycles. The summed E-state index contributed by atoms with van der Waals surface area (Å²) in [6.45, 7) is 3.30. The Morgan fingerprint density at radius 1 is 0.971 bits per heavy atom. The van der Waals surface area contributed by atoms with Crippen LogP contribution in [0.3, 0.4) is 0 Å². The molecule has 9 heteroatoms. The first-order valence-electron chi connectivity index (χ1n) is 10.9. The lowest BCUT2D eigenvalue weighted by Crippen LogP contribution is -2.23. The van der Waals surface area contributed by atoms with E-state index in [2.05, 4.69) is 10.3 Å². The van der Waals surface area contributed by atoms with Crippen LogP contribution in [0.15, 0.2) is 77.8 Å². The molecule has 0 fully saturated rings. The zero-order chi connectivity index (χ0) is 24.8. The van der Waals surface area contributed by atoms with Crippen molar-refractivity contribution in [2.75, 3.05) is 11.9 Å². The summed E-state index contributed by atoms with van der Waals surface area (Å²) in [7, 11) is 0. The van der Waals surface area contributed by atoms with Crippen molar-refractivity contribution in [3.8, 4) is 11.5 Å². The first kappa shape index (κ1) is 23.9. The number of aromatic nitrogens is 1. The minimum absolute atomic E-state index is 0.101. The highest BCUT2D eigenvalue weighted by Gasteiger charge is 2.14. The van der Waals surface area contributed by atoms with Crippen molar-refractivity contribution < 1.29 is 23.9 Å². The third kappa shape index (κ3) is 6.01. The van der Waals surface area contributed by atoms with E-state index in [4.69, 9.17) is 9.47 Å². The van der Waals surface area contributed by atoms with Gasteiger partial charge in [0.25, 0.3) is 5.91 Å². The van der Waals surface area contributed by atoms with Crippen molar-refractivity contribution in [2.24, 2.45) is 4.99 Å². The summed E-state index contributed by atoms with van der Waals surface area (Å²) in [4.78, 5) is 41.4. The third-order valence-electron chi connectivity index (χ3n) is 4.85. The number of fused-ring (bicyclic) bond motifs is 1. The van der Waals surface area contributed by atoms with Crippen LogP contribution in [0.4, 0.5) is 5.69 Å². The van der Waals surface area contributed by atoms with E-state index in [9.17, 15) is 14.4 Å². The smallest absolute Gasteiger partial charge is 0.326 e. The maximum atomic E-state index is 13.1. The number of amides is 2. The molecule has 0 saturated heterocycles. The first-order chi connectivity index (χ1) is 16.9. The van der Waals surface area contributed by atoms with Gasteiger partial charge in [0.15, 0.2) is 4.80 Å². The number of thiazole rings is 1. The Hall–Kier alpha value is -4.24. The Morgan fingerprint density at radius 3 is 2.49 bits per heavy atom. The normalized spacial score (nSPS) is 11.3. The average molecular weight is 490 g/mol. The van der Waals surface area contributed by atoms with Gasteiger partial charge in [0, 0.05) is 18.2 Å². The lowest BCUT2D eigenvalue weighted by atomic mass is 10.2. The Bertz CT molecular complexity index is 1460. The number of esters is 1.